The Bertz CT molecular complexity index is 1930. The van der Waals surface area contributed by atoms with Crippen LogP contribution < -0.4 is 45.5 Å². The van der Waals surface area contributed by atoms with Crippen LogP contribution in [0, 0.1) is 5.92 Å². The average Bonchev–Trinajstić information content (AvgIpc) is 3.38. The molecule has 3 aromatic rings. The van der Waals surface area contributed by atoms with Crippen molar-refractivity contribution in [3.63, 3.8) is 0 Å². The number of fused-ring (bicyclic) bond motifs is 4. The van der Waals surface area contributed by atoms with Gasteiger partial charge < -0.3 is 45.0 Å². The molecule has 3 amide bonds. The van der Waals surface area contributed by atoms with Gasteiger partial charge in [-0.15, -0.1) is 0 Å². The predicted octanol–water partition coefficient (Wildman–Crippen LogP) is 4.15. The molecule has 0 saturated heterocycles. The Morgan fingerprint density at radius 3 is 2.10 bits per heavy atom. The molecule has 2 aliphatic rings. The summed E-state index contributed by atoms with van der Waals surface area (Å²) in [6, 6.07) is 8.14. The summed E-state index contributed by atoms with van der Waals surface area (Å²) in [5.74, 6) is 0.831. The largest absolute Gasteiger partial charge is 0.493 e. The van der Waals surface area contributed by atoms with Crippen molar-refractivity contribution in [2.24, 2.45) is 11.7 Å². The normalized spacial score (nSPS) is 17.2. The number of benzene rings is 2. The molecule has 1 heterocycles. The van der Waals surface area contributed by atoms with E-state index in [1.165, 1.54) is 46.3 Å². The lowest BCUT2D eigenvalue weighted by molar-refractivity contribution is -0.142. The second kappa shape index (κ2) is 15.8. The predicted molar refractivity (Wildman–Crippen MR) is 196 cm³/mol. The lowest BCUT2D eigenvalue weighted by atomic mass is 9.90. The molecule has 3 aromatic carbocycles. The number of anilines is 1. The topological polar surface area (TPSA) is 168 Å². The molecule has 52 heavy (non-hydrogen) atoms. The quantitative estimate of drug-likeness (QED) is 0.248. The van der Waals surface area contributed by atoms with E-state index in [0.717, 1.165) is 16.7 Å². The third-order valence-electron chi connectivity index (χ3n) is 10.2. The third-order valence-corrected chi connectivity index (χ3v) is 10.2. The zero-order valence-electron chi connectivity index (χ0n) is 31.0. The first-order valence-electron chi connectivity index (χ1n) is 17.3. The monoisotopic (exact) mass is 716 g/mol. The number of hydrogen-bond acceptors (Lipinski definition) is 10. The summed E-state index contributed by atoms with van der Waals surface area (Å²) in [5.41, 5.74) is 10.2. The Morgan fingerprint density at radius 2 is 1.52 bits per heavy atom. The molecule has 4 atom stereocenters. The van der Waals surface area contributed by atoms with E-state index in [1.807, 2.05) is 19.9 Å². The number of carbonyl (C=O) groups excluding carboxylic acids is 3. The fraction of sp³-hybridized carbons (Fsp3) is 0.436. The highest BCUT2D eigenvalue weighted by Gasteiger charge is 2.39. The molecule has 13 heteroatoms. The molecule has 1 aliphatic carbocycles. The van der Waals surface area contributed by atoms with Gasteiger partial charge in [-0.25, -0.2) is 0 Å². The molecule has 278 valence electrons. The van der Waals surface area contributed by atoms with Crippen LogP contribution in [-0.2, 0) is 33.8 Å². The first-order valence-corrected chi connectivity index (χ1v) is 17.3. The van der Waals surface area contributed by atoms with Crippen molar-refractivity contribution in [2.45, 2.75) is 71.1 Å². The summed E-state index contributed by atoms with van der Waals surface area (Å²) in [7, 11) is 7.68. The van der Waals surface area contributed by atoms with E-state index >= 15 is 0 Å². The molecular formula is C39H48N4O9. The van der Waals surface area contributed by atoms with Crippen LogP contribution in [0.4, 0.5) is 5.69 Å². The van der Waals surface area contributed by atoms with E-state index in [9.17, 15) is 19.2 Å². The summed E-state index contributed by atoms with van der Waals surface area (Å²) >= 11 is 0. The molecule has 0 unspecified atom stereocenters. The second-order valence-corrected chi connectivity index (χ2v) is 13.2. The number of carbonyl (C=O) groups is 3. The van der Waals surface area contributed by atoms with Crippen molar-refractivity contribution in [1.82, 2.24) is 10.2 Å². The number of nitrogens with zero attached hydrogens (tertiary/aromatic N) is 1. The van der Waals surface area contributed by atoms with E-state index in [1.54, 1.807) is 31.4 Å². The van der Waals surface area contributed by atoms with Crippen LogP contribution in [0.5, 0.6) is 28.7 Å². The van der Waals surface area contributed by atoms with Gasteiger partial charge in [0.2, 0.25) is 28.9 Å². The van der Waals surface area contributed by atoms with Crippen molar-refractivity contribution in [2.75, 3.05) is 40.9 Å². The molecule has 0 fully saturated rings. The minimum Gasteiger partial charge on any atom is -0.493 e. The standard InChI is InChI=1S/C39H48N4O9/c1-9-20(2)35(39(47)43-19-24-17-32(49-5)31(48-4)16-23(24)14-29(43)38(40)46)42-28-13-11-25-26(18-30(28)45)27(41-21(3)44)12-10-22-15-33(50-6)36(51-7)37(52-8)34(22)25/h11,13,15-18,20,27,29,35H,9-10,12,14,19H2,1-8H3,(H2,40,46)(H,41,44)(H,42,45)/t20-,27+,29+,35+/m1/s1. The van der Waals surface area contributed by atoms with E-state index in [0.29, 0.717) is 64.7 Å². The van der Waals surface area contributed by atoms with Crippen LogP contribution >= 0.6 is 0 Å². The summed E-state index contributed by atoms with van der Waals surface area (Å²) in [6.07, 6.45) is 1.85. The van der Waals surface area contributed by atoms with Crippen LogP contribution in [-0.4, -0.2) is 70.3 Å². The molecule has 1 aliphatic heterocycles. The number of nitrogens with one attached hydrogen (secondary N) is 2. The maximum atomic E-state index is 14.6. The maximum absolute atomic E-state index is 14.6. The van der Waals surface area contributed by atoms with Crippen LogP contribution in [0.15, 0.2) is 41.2 Å². The SMILES string of the molecule is CC[C@@H](C)[C@H](Nc1ccc2c(cc1=O)[C@@H](NC(C)=O)CCc1cc(OC)c(OC)c(OC)c1-2)C(=O)N1Cc2cc(OC)c(OC)cc2C[C@H]1C(N)=O. The Balaban J connectivity index is 1.62. The first kappa shape index (κ1) is 37.8. The van der Waals surface area contributed by atoms with Gasteiger partial charge in [0, 0.05) is 25.5 Å². The fourth-order valence-electron chi connectivity index (χ4n) is 7.25. The van der Waals surface area contributed by atoms with Gasteiger partial charge in [-0.05, 0) is 76.9 Å². The molecule has 4 N–H and O–H groups in total. The molecule has 0 saturated carbocycles. The van der Waals surface area contributed by atoms with Gasteiger partial charge in [0.05, 0.1) is 47.3 Å². The van der Waals surface area contributed by atoms with Gasteiger partial charge in [-0.3, -0.25) is 19.2 Å². The van der Waals surface area contributed by atoms with Gasteiger partial charge in [-0.2, -0.15) is 0 Å². The van der Waals surface area contributed by atoms with Gasteiger partial charge in [0.25, 0.3) is 0 Å². The number of ether oxygens (including phenoxy) is 5. The van der Waals surface area contributed by atoms with Gasteiger partial charge >= 0.3 is 0 Å². The minimum atomic E-state index is -0.921. The fourth-order valence-corrected chi connectivity index (χ4v) is 7.25. The Hall–Kier alpha value is -5.46. The molecule has 5 rings (SSSR count). The van der Waals surface area contributed by atoms with Crippen LogP contribution in [0.25, 0.3) is 11.1 Å². The molecule has 0 spiro atoms. The lowest BCUT2D eigenvalue weighted by Gasteiger charge is -2.38. The number of primary amides is 1. The zero-order valence-corrected chi connectivity index (χ0v) is 31.0. The zero-order chi connectivity index (χ0) is 37.9. The summed E-state index contributed by atoms with van der Waals surface area (Å²) in [6.45, 7) is 5.41. The highest BCUT2D eigenvalue weighted by atomic mass is 16.5. The van der Waals surface area contributed by atoms with Crippen LogP contribution in [0.2, 0.25) is 0 Å². The van der Waals surface area contributed by atoms with Crippen molar-refractivity contribution < 1.29 is 38.1 Å². The molecule has 0 radical (unpaired) electrons. The van der Waals surface area contributed by atoms with E-state index in [2.05, 4.69) is 10.6 Å². The molecule has 0 aromatic heterocycles. The van der Waals surface area contributed by atoms with E-state index in [-0.39, 0.29) is 41.8 Å². The Kier molecular flexibility index (Phi) is 11.5. The van der Waals surface area contributed by atoms with Gasteiger partial charge in [0.1, 0.15) is 12.1 Å². The van der Waals surface area contributed by atoms with E-state index < -0.39 is 24.0 Å². The van der Waals surface area contributed by atoms with Crippen molar-refractivity contribution in [1.29, 1.82) is 0 Å². The number of methoxy groups -OCH3 is 5. The molecule has 13 nitrogen and oxygen atoms in total. The van der Waals surface area contributed by atoms with Crippen LogP contribution in [0.3, 0.4) is 0 Å². The van der Waals surface area contributed by atoms with Crippen molar-refractivity contribution >= 4 is 23.4 Å². The maximum Gasteiger partial charge on any atom is 0.246 e. The van der Waals surface area contributed by atoms with Crippen molar-refractivity contribution in [3.8, 4) is 39.9 Å². The molecular weight excluding hydrogens is 668 g/mol. The minimum absolute atomic E-state index is 0.109. The summed E-state index contributed by atoms with van der Waals surface area (Å²) in [5, 5.41) is 6.28. The summed E-state index contributed by atoms with van der Waals surface area (Å²) in [4.78, 5) is 55.4. The van der Waals surface area contributed by atoms with E-state index in [4.69, 9.17) is 29.4 Å². The molecule has 0 bridgehead atoms. The van der Waals surface area contributed by atoms with Gasteiger partial charge in [-0.1, -0.05) is 26.3 Å². The first-order chi connectivity index (χ1) is 24.9. The number of amides is 3. The summed E-state index contributed by atoms with van der Waals surface area (Å²) < 4.78 is 28.2. The number of rotatable bonds is 12. The van der Waals surface area contributed by atoms with Crippen LogP contribution in [0.1, 0.15) is 61.9 Å². The third kappa shape index (κ3) is 7.17. The Morgan fingerprint density at radius 1 is 0.885 bits per heavy atom. The number of nitrogens with two attached hydrogens (primary N) is 1. The highest BCUT2D eigenvalue weighted by Crippen LogP contribution is 2.50. The number of hydrogen-bond donors (Lipinski definition) is 3. The number of aryl methyl sites for hydroxylation is 1. The second-order valence-electron chi connectivity index (χ2n) is 13.2. The Labute approximate surface area is 303 Å². The lowest BCUT2D eigenvalue weighted by Crippen LogP contribution is -2.56. The van der Waals surface area contributed by atoms with Gasteiger partial charge in [0.15, 0.2) is 23.0 Å². The highest BCUT2D eigenvalue weighted by molar-refractivity contribution is 5.92. The van der Waals surface area contributed by atoms with Crippen molar-refractivity contribution in [3.05, 3.63) is 68.9 Å². The average molecular weight is 717 g/mol. The smallest absolute Gasteiger partial charge is 0.246 e.